The number of nitrogens with one attached hydrogen (secondary N) is 1. The Kier molecular flexibility index (Phi) is 8.67. The zero-order valence-electron chi connectivity index (χ0n) is 22.6. The van der Waals surface area contributed by atoms with Gasteiger partial charge in [0.25, 0.3) is 0 Å². The number of benzene rings is 3. The lowest BCUT2D eigenvalue weighted by Gasteiger charge is -2.28. The average Bonchev–Trinajstić information content (AvgIpc) is 2.96. The summed E-state index contributed by atoms with van der Waals surface area (Å²) in [6.07, 6.45) is 1.76. The summed E-state index contributed by atoms with van der Waals surface area (Å²) in [5.41, 5.74) is -8.77. The van der Waals surface area contributed by atoms with Crippen molar-refractivity contribution in [1.29, 1.82) is 0 Å². The van der Waals surface area contributed by atoms with E-state index in [0.717, 1.165) is 25.8 Å². The summed E-state index contributed by atoms with van der Waals surface area (Å²) in [5.74, 6) is -23.4. The van der Waals surface area contributed by atoms with Crippen LogP contribution in [-0.2, 0) is 6.42 Å². The predicted molar refractivity (Wildman–Crippen MR) is 135 cm³/mol. The second kappa shape index (κ2) is 11.6. The second-order valence-electron chi connectivity index (χ2n) is 10.6. The summed E-state index contributed by atoms with van der Waals surface area (Å²) in [6.45, 7) is 7.78. The van der Waals surface area contributed by atoms with Crippen LogP contribution in [0.5, 0.6) is 0 Å². The Balaban J connectivity index is 1.74. The molecule has 1 saturated carbocycles. The lowest BCUT2D eigenvalue weighted by Crippen LogP contribution is -2.16. The van der Waals surface area contributed by atoms with E-state index < -0.39 is 110 Å². The molecular formula is C30H24F11N. The Morgan fingerprint density at radius 2 is 1.02 bits per heavy atom. The highest BCUT2D eigenvalue weighted by molar-refractivity contribution is 5.73. The predicted octanol–water partition coefficient (Wildman–Crippen LogP) is 10.2. The third-order valence-corrected chi connectivity index (χ3v) is 8.03. The summed E-state index contributed by atoms with van der Waals surface area (Å²) in [5, 5.41) is 1.29. The SMILES string of the molecule is C=C1CC(CCc2c(F)c(F)c(Nc3c(F)c(F)c(-c4c(F)c(C)c(C)c(F)c4F)c(F)c3F)c(F)c2F)CCC1C. The molecule has 3 aromatic rings. The van der Waals surface area contributed by atoms with E-state index in [2.05, 4.69) is 6.58 Å². The van der Waals surface area contributed by atoms with Gasteiger partial charge in [-0.2, -0.15) is 0 Å². The summed E-state index contributed by atoms with van der Waals surface area (Å²) < 4.78 is 163. The molecule has 0 radical (unpaired) electrons. The van der Waals surface area contributed by atoms with Gasteiger partial charge in [0.15, 0.2) is 58.2 Å². The van der Waals surface area contributed by atoms with E-state index in [1.807, 2.05) is 6.92 Å². The molecule has 0 amide bonds. The molecule has 0 spiro atoms. The smallest absolute Gasteiger partial charge is 0.186 e. The minimum absolute atomic E-state index is 0.0513. The first-order valence-electron chi connectivity index (χ1n) is 12.9. The molecule has 3 aromatic carbocycles. The highest BCUT2D eigenvalue weighted by Crippen LogP contribution is 2.42. The van der Waals surface area contributed by atoms with Gasteiger partial charge in [-0.05, 0) is 68.9 Å². The van der Waals surface area contributed by atoms with Crippen LogP contribution in [0, 0.1) is 89.7 Å². The maximum Gasteiger partial charge on any atom is 0.186 e. The first-order valence-corrected chi connectivity index (χ1v) is 12.9. The highest BCUT2D eigenvalue weighted by Gasteiger charge is 2.34. The number of halogens is 11. The van der Waals surface area contributed by atoms with Gasteiger partial charge in [0, 0.05) is 5.56 Å². The maximum absolute atomic E-state index is 14.9. The van der Waals surface area contributed by atoms with E-state index in [9.17, 15) is 48.3 Å². The fraction of sp³-hybridized carbons (Fsp3) is 0.333. The number of hydrogen-bond acceptors (Lipinski definition) is 1. The van der Waals surface area contributed by atoms with Crippen LogP contribution in [0.25, 0.3) is 11.1 Å². The molecule has 42 heavy (non-hydrogen) atoms. The summed E-state index contributed by atoms with van der Waals surface area (Å²) >= 11 is 0. The van der Waals surface area contributed by atoms with E-state index in [1.54, 1.807) is 0 Å². The molecule has 2 unspecified atom stereocenters. The van der Waals surface area contributed by atoms with Crippen LogP contribution in [0.15, 0.2) is 12.2 Å². The van der Waals surface area contributed by atoms with Crippen LogP contribution in [0.2, 0.25) is 0 Å². The van der Waals surface area contributed by atoms with Crippen LogP contribution in [0.1, 0.15) is 49.3 Å². The first kappa shape index (κ1) is 31.4. The fourth-order valence-corrected chi connectivity index (χ4v) is 5.16. The minimum atomic E-state index is -2.47. The average molecular weight is 608 g/mol. The standard InChI is InChI=1S/C30H24F11N/c1-10-5-6-14(9-11(10)2)7-8-15-20(33)25(38)29(26(39)21(15)34)42-30-27(40)23(36)17(24(37)28(30)41)16-18(31)12(3)13(4)19(32)22(16)35/h10,14,42H,2,5-9H2,1,3-4H3. The minimum Gasteiger partial charge on any atom is -0.346 e. The molecule has 1 aliphatic carbocycles. The van der Waals surface area contributed by atoms with Gasteiger partial charge in [0.1, 0.15) is 17.2 Å². The zero-order valence-corrected chi connectivity index (χ0v) is 22.6. The Bertz CT molecular complexity index is 1530. The van der Waals surface area contributed by atoms with Crippen LogP contribution >= 0.6 is 0 Å². The summed E-state index contributed by atoms with van der Waals surface area (Å²) in [6, 6.07) is 0. The van der Waals surface area contributed by atoms with Crippen molar-refractivity contribution >= 4 is 11.4 Å². The molecule has 226 valence electrons. The molecule has 0 aromatic heterocycles. The highest BCUT2D eigenvalue weighted by atomic mass is 19.2. The molecule has 1 aliphatic rings. The molecule has 0 saturated heterocycles. The van der Waals surface area contributed by atoms with Crippen molar-refractivity contribution in [2.75, 3.05) is 5.32 Å². The zero-order chi connectivity index (χ0) is 31.4. The Labute approximate surface area is 234 Å². The normalized spacial score (nSPS) is 17.2. The topological polar surface area (TPSA) is 12.0 Å². The largest absolute Gasteiger partial charge is 0.346 e. The Morgan fingerprint density at radius 3 is 1.52 bits per heavy atom. The molecule has 1 N–H and O–H groups in total. The van der Waals surface area contributed by atoms with Crippen molar-refractivity contribution in [2.24, 2.45) is 11.8 Å². The number of hydrogen-bond donors (Lipinski definition) is 1. The molecule has 2 atom stereocenters. The van der Waals surface area contributed by atoms with Gasteiger partial charge in [-0.3, -0.25) is 0 Å². The third-order valence-electron chi connectivity index (χ3n) is 8.03. The molecule has 1 fully saturated rings. The maximum atomic E-state index is 14.9. The van der Waals surface area contributed by atoms with Crippen molar-refractivity contribution in [3.8, 4) is 11.1 Å². The number of allylic oxidation sites excluding steroid dienone is 1. The van der Waals surface area contributed by atoms with Gasteiger partial charge in [0.05, 0.1) is 11.1 Å². The lowest BCUT2D eigenvalue weighted by atomic mass is 9.77. The van der Waals surface area contributed by atoms with Gasteiger partial charge in [0.2, 0.25) is 0 Å². The van der Waals surface area contributed by atoms with Gasteiger partial charge >= 0.3 is 0 Å². The van der Waals surface area contributed by atoms with Gasteiger partial charge in [-0.25, -0.2) is 48.3 Å². The molecule has 0 heterocycles. The van der Waals surface area contributed by atoms with Crippen molar-refractivity contribution in [1.82, 2.24) is 0 Å². The Morgan fingerprint density at radius 1 is 0.595 bits per heavy atom. The summed E-state index contributed by atoms with van der Waals surface area (Å²) in [4.78, 5) is 0. The second-order valence-corrected chi connectivity index (χ2v) is 10.6. The molecule has 12 heteroatoms. The van der Waals surface area contributed by atoms with E-state index >= 15 is 0 Å². The molecule has 4 rings (SSSR count). The third kappa shape index (κ3) is 5.13. The van der Waals surface area contributed by atoms with Crippen molar-refractivity contribution < 1.29 is 48.3 Å². The van der Waals surface area contributed by atoms with Gasteiger partial charge in [-0.15, -0.1) is 0 Å². The van der Waals surface area contributed by atoms with Crippen LogP contribution in [0.3, 0.4) is 0 Å². The molecule has 0 aliphatic heterocycles. The quantitative estimate of drug-likeness (QED) is 0.167. The van der Waals surface area contributed by atoms with Crippen molar-refractivity contribution in [3.05, 3.63) is 92.8 Å². The van der Waals surface area contributed by atoms with E-state index in [4.69, 9.17) is 0 Å². The van der Waals surface area contributed by atoms with E-state index in [1.165, 1.54) is 5.32 Å². The van der Waals surface area contributed by atoms with Gasteiger partial charge < -0.3 is 5.32 Å². The Hall–Kier alpha value is -3.57. The monoisotopic (exact) mass is 607 g/mol. The molecular weight excluding hydrogens is 583 g/mol. The number of anilines is 2. The molecule has 0 bridgehead atoms. The van der Waals surface area contributed by atoms with Crippen LogP contribution < -0.4 is 5.32 Å². The fourth-order valence-electron chi connectivity index (χ4n) is 5.16. The van der Waals surface area contributed by atoms with E-state index in [-0.39, 0.29) is 18.3 Å². The molecule has 1 nitrogen and oxygen atoms in total. The van der Waals surface area contributed by atoms with E-state index in [0.29, 0.717) is 12.8 Å². The first-order chi connectivity index (χ1) is 19.6. The van der Waals surface area contributed by atoms with Crippen molar-refractivity contribution in [3.63, 3.8) is 0 Å². The van der Waals surface area contributed by atoms with Gasteiger partial charge in [-0.1, -0.05) is 19.1 Å². The summed E-state index contributed by atoms with van der Waals surface area (Å²) in [7, 11) is 0. The van der Waals surface area contributed by atoms with Crippen molar-refractivity contribution in [2.45, 2.75) is 52.9 Å². The van der Waals surface area contributed by atoms with Crippen LogP contribution in [0.4, 0.5) is 59.7 Å². The lowest BCUT2D eigenvalue weighted by molar-refractivity contribution is 0.341. The number of rotatable bonds is 6. The van der Waals surface area contributed by atoms with Crippen LogP contribution in [-0.4, -0.2) is 0 Å².